The topological polar surface area (TPSA) is 30.5 Å². The van der Waals surface area contributed by atoms with Crippen LogP contribution in [0.15, 0.2) is 48.5 Å². The monoisotopic (exact) mass is 383 g/mol. The van der Waals surface area contributed by atoms with E-state index in [4.69, 9.17) is 21.1 Å². The fraction of sp³-hybridized carbons (Fsp3) is 0.400. The van der Waals surface area contributed by atoms with Crippen LogP contribution in [0.5, 0.6) is 5.75 Å². The van der Waals surface area contributed by atoms with Crippen LogP contribution in [0.4, 0.5) is 0 Å². The first-order chi connectivity index (χ1) is 11.6. The molecule has 0 saturated carbocycles. The Morgan fingerprint density at radius 2 is 1.80 bits per heavy atom. The quantitative estimate of drug-likeness (QED) is 0.568. The molecule has 2 rings (SSSR count). The fourth-order valence-corrected chi connectivity index (χ4v) is 2.37. The Kier molecular flexibility index (Phi) is 10.6. The number of halogens is 2. The van der Waals surface area contributed by atoms with Crippen LogP contribution in [0.2, 0.25) is 5.02 Å². The van der Waals surface area contributed by atoms with Gasteiger partial charge >= 0.3 is 0 Å². The zero-order chi connectivity index (χ0) is 17.2. The van der Waals surface area contributed by atoms with Gasteiger partial charge in [0.15, 0.2) is 0 Å². The third kappa shape index (κ3) is 9.13. The number of nitrogens with one attached hydrogen (secondary N) is 1. The lowest BCUT2D eigenvalue weighted by Crippen LogP contribution is -2.17. The van der Waals surface area contributed by atoms with Crippen molar-refractivity contribution in [3.63, 3.8) is 0 Å². The van der Waals surface area contributed by atoms with Crippen LogP contribution >= 0.6 is 24.0 Å². The minimum absolute atomic E-state index is 0. The molecule has 1 N–H and O–H groups in total. The summed E-state index contributed by atoms with van der Waals surface area (Å²) in [6.07, 6.45) is 1.32. The number of rotatable bonds is 10. The second kappa shape index (κ2) is 12.2. The van der Waals surface area contributed by atoms with Gasteiger partial charge in [-0.1, -0.05) is 35.9 Å². The maximum Gasteiger partial charge on any atom is 0.120 e. The Morgan fingerprint density at radius 1 is 1.04 bits per heavy atom. The molecule has 0 radical (unpaired) electrons. The highest BCUT2D eigenvalue weighted by molar-refractivity contribution is 6.30. The van der Waals surface area contributed by atoms with Crippen LogP contribution in [0.3, 0.4) is 0 Å². The Labute approximate surface area is 162 Å². The third-order valence-corrected chi connectivity index (χ3v) is 3.75. The third-order valence-electron chi connectivity index (χ3n) is 3.50. The van der Waals surface area contributed by atoms with Gasteiger partial charge in [-0.2, -0.15) is 0 Å². The van der Waals surface area contributed by atoms with Crippen molar-refractivity contribution in [1.82, 2.24) is 5.32 Å². The van der Waals surface area contributed by atoms with E-state index in [0.29, 0.717) is 12.7 Å². The summed E-state index contributed by atoms with van der Waals surface area (Å²) in [5.74, 6) is 0.882. The molecule has 0 aromatic heterocycles. The van der Waals surface area contributed by atoms with E-state index in [-0.39, 0.29) is 12.4 Å². The summed E-state index contributed by atoms with van der Waals surface area (Å²) in [7, 11) is 0. The van der Waals surface area contributed by atoms with E-state index in [1.807, 2.05) is 36.4 Å². The molecular weight excluding hydrogens is 357 g/mol. The molecule has 0 unspecified atom stereocenters. The molecule has 3 nitrogen and oxygen atoms in total. The van der Waals surface area contributed by atoms with Gasteiger partial charge in [0.2, 0.25) is 0 Å². The standard InChI is InChI=1S/C20H26ClNO2.ClH/c1-16(2)23-12-4-11-22-14-18-5-3-6-20(13-18)24-15-17-7-9-19(21)10-8-17;/h3,5-10,13,16,22H,4,11-12,14-15H2,1-2H3;1H. The van der Waals surface area contributed by atoms with Gasteiger partial charge in [-0.25, -0.2) is 0 Å². The average molecular weight is 384 g/mol. The molecule has 0 amide bonds. The van der Waals surface area contributed by atoms with Crippen molar-refractivity contribution in [2.75, 3.05) is 13.2 Å². The highest BCUT2D eigenvalue weighted by Crippen LogP contribution is 2.16. The Hall–Kier alpha value is -1.26. The maximum atomic E-state index is 5.89. The number of ether oxygens (including phenoxy) is 2. The molecule has 0 spiro atoms. The summed E-state index contributed by atoms with van der Waals surface area (Å²) in [6, 6.07) is 15.9. The van der Waals surface area contributed by atoms with E-state index < -0.39 is 0 Å². The Bertz CT molecular complexity index is 603. The molecule has 0 atom stereocenters. The maximum absolute atomic E-state index is 5.89. The minimum Gasteiger partial charge on any atom is -0.489 e. The summed E-state index contributed by atoms with van der Waals surface area (Å²) in [5.41, 5.74) is 2.32. The molecular formula is C20H27Cl2NO2. The van der Waals surface area contributed by atoms with Crippen LogP contribution in [0.1, 0.15) is 31.4 Å². The molecule has 0 aliphatic heterocycles. The van der Waals surface area contributed by atoms with Gasteiger partial charge in [-0.05, 0) is 62.2 Å². The van der Waals surface area contributed by atoms with Gasteiger partial charge in [-0.3, -0.25) is 0 Å². The van der Waals surface area contributed by atoms with Gasteiger partial charge in [0.25, 0.3) is 0 Å². The van der Waals surface area contributed by atoms with E-state index >= 15 is 0 Å². The molecule has 2 aromatic rings. The predicted octanol–water partition coefficient (Wildman–Crippen LogP) is 5.25. The molecule has 0 heterocycles. The van der Waals surface area contributed by atoms with E-state index in [1.54, 1.807) is 0 Å². The largest absolute Gasteiger partial charge is 0.489 e. The Balaban J connectivity index is 0.00000312. The van der Waals surface area contributed by atoms with Crippen LogP contribution in [-0.4, -0.2) is 19.3 Å². The van der Waals surface area contributed by atoms with Gasteiger partial charge < -0.3 is 14.8 Å². The zero-order valence-corrected chi connectivity index (χ0v) is 16.4. The predicted molar refractivity (Wildman–Crippen MR) is 107 cm³/mol. The van der Waals surface area contributed by atoms with E-state index in [1.165, 1.54) is 5.56 Å². The van der Waals surface area contributed by atoms with Crippen molar-refractivity contribution >= 4 is 24.0 Å². The van der Waals surface area contributed by atoms with Crippen molar-refractivity contribution < 1.29 is 9.47 Å². The van der Waals surface area contributed by atoms with Gasteiger partial charge in [0.1, 0.15) is 12.4 Å². The lowest BCUT2D eigenvalue weighted by Gasteiger charge is -2.10. The van der Waals surface area contributed by atoms with Crippen molar-refractivity contribution in [2.45, 2.75) is 39.5 Å². The summed E-state index contributed by atoms with van der Waals surface area (Å²) >= 11 is 5.89. The average Bonchev–Trinajstić information content (AvgIpc) is 2.58. The molecule has 0 fully saturated rings. The van der Waals surface area contributed by atoms with Crippen LogP contribution in [0, 0.1) is 0 Å². The fourth-order valence-electron chi connectivity index (χ4n) is 2.24. The number of hydrogen-bond acceptors (Lipinski definition) is 3. The van der Waals surface area contributed by atoms with Gasteiger partial charge in [-0.15, -0.1) is 12.4 Å². The summed E-state index contributed by atoms with van der Waals surface area (Å²) in [4.78, 5) is 0. The zero-order valence-electron chi connectivity index (χ0n) is 14.8. The van der Waals surface area contributed by atoms with Crippen LogP contribution in [0.25, 0.3) is 0 Å². The Morgan fingerprint density at radius 3 is 2.52 bits per heavy atom. The normalized spacial score (nSPS) is 10.6. The lowest BCUT2D eigenvalue weighted by atomic mass is 10.2. The molecule has 0 saturated heterocycles. The van der Waals surface area contributed by atoms with E-state index in [2.05, 4.69) is 31.3 Å². The molecule has 0 aliphatic carbocycles. The summed E-state index contributed by atoms with van der Waals surface area (Å²) < 4.78 is 11.4. The highest BCUT2D eigenvalue weighted by atomic mass is 35.5. The minimum atomic E-state index is 0. The summed E-state index contributed by atoms with van der Waals surface area (Å²) in [6.45, 7) is 7.24. The smallest absolute Gasteiger partial charge is 0.120 e. The van der Waals surface area contributed by atoms with Crippen LogP contribution in [-0.2, 0) is 17.9 Å². The van der Waals surface area contributed by atoms with E-state index in [9.17, 15) is 0 Å². The van der Waals surface area contributed by atoms with Crippen molar-refractivity contribution in [3.05, 3.63) is 64.7 Å². The van der Waals surface area contributed by atoms with Gasteiger partial charge in [0, 0.05) is 18.2 Å². The summed E-state index contributed by atoms with van der Waals surface area (Å²) in [5, 5.41) is 4.17. The molecule has 5 heteroatoms. The number of benzene rings is 2. The molecule has 25 heavy (non-hydrogen) atoms. The van der Waals surface area contributed by atoms with Crippen LogP contribution < -0.4 is 10.1 Å². The molecule has 138 valence electrons. The van der Waals surface area contributed by atoms with Crippen molar-refractivity contribution in [2.24, 2.45) is 0 Å². The second-order valence-corrected chi connectivity index (χ2v) is 6.45. The van der Waals surface area contributed by atoms with E-state index in [0.717, 1.165) is 42.5 Å². The highest BCUT2D eigenvalue weighted by Gasteiger charge is 1.99. The van der Waals surface area contributed by atoms with Crippen molar-refractivity contribution in [3.8, 4) is 5.75 Å². The SMILES string of the molecule is CC(C)OCCCNCc1cccc(OCc2ccc(Cl)cc2)c1.Cl. The van der Waals surface area contributed by atoms with Crippen molar-refractivity contribution in [1.29, 1.82) is 0 Å². The number of hydrogen-bond donors (Lipinski definition) is 1. The van der Waals surface area contributed by atoms with Gasteiger partial charge in [0.05, 0.1) is 6.10 Å². The first kappa shape index (κ1) is 21.8. The molecule has 0 aliphatic rings. The molecule has 0 bridgehead atoms. The first-order valence-corrected chi connectivity index (χ1v) is 8.80. The lowest BCUT2D eigenvalue weighted by molar-refractivity contribution is 0.0770. The first-order valence-electron chi connectivity index (χ1n) is 8.42. The molecule has 2 aromatic carbocycles. The second-order valence-electron chi connectivity index (χ2n) is 6.01.